The molecule has 2 aromatic heterocycles. The summed E-state index contributed by atoms with van der Waals surface area (Å²) in [6.45, 7) is 4.13. The molecule has 0 radical (unpaired) electrons. The fourth-order valence-corrected chi connectivity index (χ4v) is 1.46. The molecule has 9 nitrogen and oxygen atoms in total. The number of nitrogens with zero attached hydrogens (tertiary/aromatic N) is 7. The number of rotatable bonds is 8. The van der Waals surface area contributed by atoms with Crippen LogP contribution < -0.4 is 10.1 Å². The molecule has 0 aliphatic heterocycles. The SMILES string of the molecule is CCCNc1nc(OCCN(C)C)nc(-n2cncn2)n1. The Labute approximate surface area is 123 Å². The smallest absolute Gasteiger partial charge is 0.323 e. The highest BCUT2D eigenvalue weighted by Crippen LogP contribution is 2.10. The predicted molar refractivity (Wildman–Crippen MR) is 77.6 cm³/mol. The molecule has 2 aromatic rings. The number of likely N-dealkylation sites (N-methyl/N-ethyl adjacent to an activating group) is 1. The minimum absolute atomic E-state index is 0.274. The van der Waals surface area contributed by atoms with E-state index in [4.69, 9.17) is 4.74 Å². The number of nitrogens with one attached hydrogen (secondary N) is 1. The van der Waals surface area contributed by atoms with Crippen molar-refractivity contribution in [3.05, 3.63) is 12.7 Å². The lowest BCUT2D eigenvalue weighted by Gasteiger charge is -2.11. The molecule has 0 aliphatic carbocycles. The molecule has 0 unspecified atom stereocenters. The maximum Gasteiger partial charge on any atom is 0.323 e. The zero-order valence-electron chi connectivity index (χ0n) is 12.5. The quantitative estimate of drug-likeness (QED) is 0.738. The molecular weight excluding hydrogens is 272 g/mol. The lowest BCUT2D eigenvalue weighted by Crippen LogP contribution is -2.20. The van der Waals surface area contributed by atoms with Crippen molar-refractivity contribution in [1.82, 2.24) is 34.6 Å². The molecule has 0 bridgehead atoms. The third-order valence-corrected chi connectivity index (χ3v) is 2.53. The van der Waals surface area contributed by atoms with Crippen LogP contribution in [0.5, 0.6) is 6.01 Å². The van der Waals surface area contributed by atoms with Gasteiger partial charge in [-0.2, -0.15) is 24.7 Å². The molecule has 0 aliphatic rings. The van der Waals surface area contributed by atoms with Crippen LogP contribution >= 0.6 is 0 Å². The topological polar surface area (TPSA) is 93.9 Å². The maximum absolute atomic E-state index is 5.57. The van der Waals surface area contributed by atoms with Gasteiger partial charge in [0.15, 0.2) is 0 Å². The van der Waals surface area contributed by atoms with Crippen molar-refractivity contribution in [2.45, 2.75) is 13.3 Å². The van der Waals surface area contributed by atoms with Gasteiger partial charge in [-0.15, -0.1) is 0 Å². The Morgan fingerprint density at radius 1 is 1.29 bits per heavy atom. The fraction of sp³-hybridized carbons (Fsp3) is 0.583. The summed E-state index contributed by atoms with van der Waals surface area (Å²) in [7, 11) is 3.96. The average molecular weight is 292 g/mol. The van der Waals surface area contributed by atoms with Gasteiger partial charge in [0.25, 0.3) is 5.95 Å². The molecule has 0 saturated carbocycles. The number of ether oxygens (including phenoxy) is 1. The number of anilines is 1. The first-order valence-corrected chi connectivity index (χ1v) is 6.81. The maximum atomic E-state index is 5.57. The van der Waals surface area contributed by atoms with Crippen LogP contribution in [0, 0.1) is 0 Å². The molecular formula is C12H20N8O. The van der Waals surface area contributed by atoms with E-state index in [0.717, 1.165) is 19.5 Å². The molecule has 114 valence electrons. The van der Waals surface area contributed by atoms with E-state index in [2.05, 4.69) is 37.3 Å². The van der Waals surface area contributed by atoms with Crippen LogP contribution in [-0.2, 0) is 0 Å². The van der Waals surface area contributed by atoms with E-state index in [1.807, 2.05) is 19.0 Å². The van der Waals surface area contributed by atoms with Crippen molar-refractivity contribution in [3.8, 4) is 12.0 Å². The molecule has 2 heterocycles. The summed E-state index contributed by atoms with van der Waals surface area (Å²) in [5.41, 5.74) is 0. The second kappa shape index (κ2) is 7.48. The van der Waals surface area contributed by atoms with Gasteiger partial charge in [0.1, 0.15) is 19.3 Å². The first kappa shape index (κ1) is 15.1. The van der Waals surface area contributed by atoms with Gasteiger partial charge in [-0.25, -0.2) is 4.98 Å². The van der Waals surface area contributed by atoms with Crippen LogP contribution in [0.2, 0.25) is 0 Å². The van der Waals surface area contributed by atoms with Crippen LogP contribution in [0.25, 0.3) is 5.95 Å². The highest BCUT2D eigenvalue weighted by atomic mass is 16.5. The van der Waals surface area contributed by atoms with E-state index in [1.165, 1.54) is 17.3 Å². The normalized spacial score (nSPS) is 10.9. The van der Waals surface area contributed by atoms with Gasteiger partial charge >= 0.3 is 6.01 Å². The zero-order valence-corrected chi connectivity index (χ0v) is 12.5. The largest absolute Gasteiger partial charge is 0.462 e. The van der Waals surface area contributed by atoms with Crippen molar-refractivity contribution in [3.63, 3.8) is 0 Å². The summed E-state index contributed by atoms with van der Waals surface area (Å²) in [6.07, 6.45) is 3.93. The minimum atomic E-state index is 0.274. The van der Waals surface area contributed by atoms with Gasteiger partial charge in [-0.1, -0.05) is 6.92 Å². The van der Waals surface area contributed by atoms with Crippen molar-refractivity contribution in [2.24, 2.45) is 0 Å². The Morgan fingerprint density at radius 3 is 2.81 bits per heavy atom. The summed E-state index contributed by atoms with van der Waals surface area (Å²) >= 11 is 0. The van der Waals surface area contributed by atoms with E-state index < -0.39 is 0 Å². The number of aromatic nitrogens is 6. The van der Waals surface area contributed by atoms with E-state index in [1.54, 1.807) is 0 Å². The first-order valence-electron chi connectivity index (χ1n) is 6.81. The lowest BCUT2D eigenvalue weighted by atomic mass is 10.5. The summed E-state index contributed by atoms with van der Waals surface area (Å²) in [6, 6.07) is 0.274. The Bertz CT molecular complexity index is 542. The number of hydrogen-bond donors (Lipinski definition) is 1. The minimum Gasteiger partial charge on any atom is -0.462 e. The third kappa shape index (κ3) is 4.63. The summed E-state index contributed by atoms with van der Waals surface area (Å²) in [5.74, 6) is 0.846. The van der Waals surface area contributed by atoms with Crippen molar-refractivity contribution >= 4 is 5.95 Å². The Kier molecular flexibility index (Phi) is 5.38. The summed E-state index contributed by atoms with van der Waals surface area (Å²) in [5, 5.41) is 7.14. The van der Waals surface area contributed by atoms with Gasteiger partial charge in [-0.3, -0.25) is 0 Å². The number of hydrogen-bond acceptors (Lipinski definition) is 8. The highest BCUT2D eigenvalue weighted by molar-refractivity contribution is 5.29. The molecule has 0 aromatic carbocycles. The van der Waals surface area contributed by atoms with Crippen LogP contribution in [0.4, 0.5) is 5.95 Å². The highest BCUT2D eigenvalue weighted by Gasteiger charge is 2.09. The van der Waals surface area contributed by atoms with Crippen molar-refractivity contribution in [2.75, 3.05) is 39.1 Å². The predicted octanol–water partition coefficient (Wildman–Crippen LogP) is 0.215. The van der Waals surface area contributed by atoms with Gasteiger partial charge in [0, 0.05) is 13.1 Å². The van der Waals surface area contributed by atoms with E-state index in [9.17, 15) is 0 Å². The van der Waals surface area contributed by atoms with Crippen LogP contribution in [0.1, 0.15) is 13.3 Å². The second-order valence-corrected chi connectivity index (χ2v) is 4.66. The molecule has 0 spiro atoms. The Hall–Kier alpha value is -2.29. The van der Waals surface area contributed by atoms with E-state index in [0.29, 0.717) is 18.5 Å². The van der Waals surface area contributed by atoms with Crippen LogP contribution in [-0.4, -0.2) is 68.4 Å². The standard InChI is InChI=1S/C12H20N8O/c1-4-5-14-10-16-11(20-9-13-8-15-20)18-12(17-10)21-7-6-19(2)3/h8-9H,4-7H2,1-3H3,(H,14,16,17,18). The molecule has 21 heavy (non-hydrogen) atoms. The van der Waals surface area contributed by atoms with Gasteiger partial charge in [0.05, 0.1) is 0 Å². The van der Waals surface area contributed by atoms with Gasteiger partial charge < -0.3 is 15.0 Å². The first-order chi connectivity index (χ1) is 10.2. The zero-order chi connectivity index (χ0) is 15.1. The average Bonchev–Trinajstić information content (AvgIpc) is 2.99. The summed E-state index contributed by atoms with van der Waals surface area (Å²) in [4.78, 5) is 18.7. The van der Waals surface area contributed by atoms with Crippen molar-refractivity contribution < 1.29 is 4.74 Å². The second-order valence-electron chi connectivity index (χ2n) is 4.66. The van der Waals surface area contributed by atoms with Crippen LogP contribution in [0.15, 0.2) is 12.7 Å². The fourth-order valence-electron chi connectivity index (χ4n) is 1.46. The molecule has 1 N–H and O–H groups in total. The molecule has 2 rings (SSSR count). The lowest BCUT2D eigenvalue weighted by molar-refractivity contribution is 0.245. The van der Waals surface area contributed by atoms with Gasteiger partial charge in [0.2, 0.25) is 5.95 Å². The molecule has 0 atom stereocenters. The monoisotopic (exact) mass is 292 g/mol. The molecule has 0 amide bonds. The molecule has 9 heteroatoms. The Balaban J connectivity index is 2.16. The van der Waals surface area contributed by atoms with Crippen molar-refractivity contribution in [1.29, 1.82) is 0 Å². The van der Waals surface area contributed by atoms with Crippen LogP contribution in [0.3, 0.4) is 0 Å². The van der Waals surface area contributed by atoms with E-state index >= 15 is 0 Å². The van der Waals surface area contributed by atoms with E-state index in [-0.39, 0.29) is 6.01 Å². The third-order valence-electron chi connectivity index (χ3n) is 2.53. The summed E-state index contributed by atoms with van der Waals surface area (Å²) < 4.78 is 7.04. The molecule has 0 fully saturated rings. The Morgan fingerprint density at radius 2 is 2.14 bits per heavy atom. The molecule has 0 saturated heterocycles. The van der Waals surface area contributed by atoms with Gasteiger partial charge in [-0.05, 0) is 20.5 Å².